The lowest BCUT2D eigenvalue weighted by Gasteiger charge is -2.30. The number of hydrogen-bond acceptors (Lipinski definition) is 7. The first-order valence-corrected chi connectivity index (χ1v) is 9.16. The zero-order valence-electron chi connectivity index (χ0n) is 16.1. The lowest BCUT2D eigenvalue weighted by atomic mass is 10.1. The maximum absolute atomic E-state index is 13.0. The highest BCUT2D eigenvalue weighted by atomic mass is 16.6. The summed E-state index contributed by atoms with van der Waals surface area (Å²) in [4.78, 5) is 30.1. The molecule has 0 radical (unpaired) electrons. The Kier molecular flexibility index (Phi) is 4.85. The van der Waals surface area contributed by atoms with Crippen LogP contribution < -0.4 is 10.2 Å². The van der Waals surface area contributed by atoms with Crippen molar-refractivity contribution in [3.8, 4) is 0 Å². The normalized spacial score (nSPS) is 14.2. The number of non-ortho nitro benzene ring substituents is 1. The molecule has 1 aliphatic rings. The first kappa shape index (κ1) is 18.8. The van der Waals surface area contributed by atoms with Crippen LogP contribution in [0.4, 0.5) is 17.1 Å². The van der Waals surface area contributed by atoms with Crippen molar-refractivity contribution in [3.05, 3.63) is 51.8 Å². The molecule has 0 atom stereocenters. The van der Waals surface area contributed by atoms with Crippen LogP contribution in [0.1, 0.15) is 16.1 Å². The van der Waals surface area contributed by atoms with Gasteiger partial charge in [-0.25, -0.2) is 4.98 Å². The minimum atomic E-state index is -0.507. The number of anilines is 2. The fourth-order valence-electron chi connectivity index (χ4n) is 3.47. The van der Waals surface area contributed by atoms with Crippen LogP contribution >= 0.6 is 0 Å². The predicted octanol–water partition coefficient (Wildman–Crippen LogP) is 2.27. The zero-order chi connectivity index (χ0) is 20.5. The number of aromatic nitrogens is 3. The number of carbonyl (C=O) groups excluding carboxylic acids is 1. The van der Waals surface area contributed by atoms with Crippen LogP contribution in [0, 0.1) is 17.0 Å². The molecule has 2 aromatic heterocycles. The molecular formula is C19H20N6O4. The van der Waals surface area contributed by atoms with Gasteiger partial charge in [-0.05, 0) is 19.1 Å². The molecule has 1 amide bonds. The molecule has 1 saturated heterocycles. The summed E-state index contributed by atoms with van der Waals surface area (Å²) in [6.07, 6.45) is 1.55. The highest BCUT2D eigenvalue weighted by Crippen LogP contribution is 2.28. The fourth-order valence-corrected chi connectivity index (χ4v) is 3.47. The summed E-state index contributed by atoms with van der Waals surface area (Å²) in [6.45, 7) is 4.17. The van der Waals surface area contributed by atoms with Crippen LogP contribution in [-0.2, 0) is 11.8 Å². The maximum Gasteiger partial charge on any atom is 0.270 e. The number of nitrogens with zero attached hydrogens (tertiary/aromatic N) is 5. The topological polar surface area (TPSA) is 115 Å². The Hall–Kier alpha value is -3.53. The van der Waals surface area contributed by atoms with E-state index in [1.54, 1.807) is 30.1 Å². The van der Waals surface area contributed by atoms with Crippen LogP contribution in [0.25, 0.3) is 11.0 Å². The standard InChI is InChI=1S/C19H20N6O4/c1-12-15-9-13(11-20-18(15)23(2)22-12)21-19(26)16-10-14(25(27)28)3-4-17(16)24-5-7-29-8-6-24/h3-4,9-11H,5-8H2,1-2H3,(H,21,26). The maximum atomic E-state index is 13.0. The quantitative estimate of drug-likeness (QED) is 0.531. The van der Waals surface area contributed by atoms with E-state index < -0.39 is 10.8 Å². The lowest BCUT2D eigenvalue weighted by Crippen LogP contribution is -2.37. The molecule has 1 aliphatic heterocycles. The fraction of sp³-hybridized carbons (Fsp3) is 0.316. The number of nitrogens with one attached hydrogen (secondary N) is 1. The first-order valence-electron chi connectivity index (χ1n) is 9.16. The Labute approximate surface area is 166 Å². The van der Waals surface area contributed by atoms with Gasteiger partial charge in [0.1, 0.15) is 0 Å². The number of nitro benzene ring substituents is 1. The number of nitro groups is 1. The average Bonchev–Trinajstić information content (AvgIpc) is 3.01. The van der Waals surface area contributed by atoms with Crippen molar-refractivity contribution >= 4 is 34.0 Å². The number of hydrogen-bond donors (Lipinski definition) is 1. The molecule has 1 N–H and O–H groups in total. The van der Waals surface area contributed by atoms with Gasteiger partial charge in [-0.3, -0.25) is 19.6 Å². The van der Waals surface area contributed by atoms with Crippen molar-refractivity contribution in [3.63, 3.8) is 0 Å². The summed E-state index contributed by atoms with van der Waals surface area (Å²) in [5.41, 5.74) is 2.76. The van der Waals surface area contributed by atoms with Crippen molar-refractivity contribution in [2.75, 3.05) is 36.5 Å². The van der Waals surface area contributed by atoms with E-state index in [1.807, 2.05) is 11.8 Å². The molecule has 10 heteroatoms. The van der Waals surface area contributed by atoms with Crippen molar-refractivity contribution in [1.29, 1.82) is 0 Å². The van der Waals surface area contributed by atoms with Crippen LogP contribution in [0.5, 0.6) is 0 Å². The highest BCUT2D eigenvalue weighted by Gasteiger charge is 2.22. The van der Waals surface area contributed by atoms with Gasteiger partial charge in [0.05, 0.1) is 47.0 Å². The molecule has 0 bridgehead atoms. The summed E-state index contributed by atoms with van der Waals surface area (Å²) >= 11 is 0. The Balaban J connectivity index is 1.68. The zero-order valence-corrected chi connectivity index (χ0v) is 16.1. The molecule has 0 unspecified atom stereocenters. The molecule has 29 heavy (non-hydrogen) atoms. The van der Waals surface area contributed by atoms with Crippen molar-refractivity contribution in [2.24, 2.45) is 7.05 Å². The number of pyridine rings is 1. The molecular weight excluding hydrogens is 376 g/mol. The van der Waals surface area contributed by atoms with Gasteiger partial charge in [-0.15, -0.1) is 0 Å². The molecule has 0 saturated carbocycles. The van der Waals surface area contributed by atoms with E-state index in [0.717, 1.165) is 11.1 Å². The summed E-state index contributed by atoms with van der Waals surface area (Å²) in [5.74, 6) is -0.433. The number of aryl methyl sites for hydroxylation is 2. The van der Waals surface area contributed by atoms with E-state index in [2.05, 4.69) is 15.4 Å². The summed E-state index contributed by atoms with van der Waals surface area (Å²) in [6, 6.07) is 6.13. The minimum absolute atomic E-state index is 0.135. The van der Waals surface area contributed by atoms with Crippen molar-refractivity contribution in [1.82, 2.24) is 14.8 Å². The Morgan fingerprint density at radius 1 is 1.28 bits per heavy atom. The van der Waals surface area contributed by atoms with E-state index in [4.69, 9.17) is 4.74 Å². The van der Waals surface area contributed by atoms with Gasteiger partial charge < -0.3 is 15.0 Å². The molecule has 1 aromatic carbocycles. The predicted molar refractivity (Wildman–Crippen MR) is 107 cm³/mol. The van der Waals surface area contributed by atoms with Gasteiger partial charge in [0.15, 0.2) is 5.65 Å². The average molecular weight is 396 g/mol. The monoisotopic (exact) mass is 396 g/mol. The highest BCUT2D eigenvalue weighted by molar-refractivity contribution is 6.09. The van der Waals surface area contributed by atoms with Crippen molar-refractivity contribution in [2.45, 2.75) is 6.92 Å². The van der Waals surface area contributed by atoms with Crippen LogP contribution in [0.15, 0.2) is 30.5 Å². The second-order valence-corrected chi connectivity index (χ2v) is 6.82. The van der Waals surface area contributed by atoms with Gasteiger partial charge in [-0.2, -0.15) is 5.10 Å². The summed E-state index contributed by atoms with van der Waals surface area (Å²) < 4.78 is 7.04. The van der Waals surface area contributed by atoms with E-state index in [0.29, 0.717) is 43.3 Å². The third-order valence-electron chi connectivity index (χ3n) is 4.91. The van der Waals surface area contributed by atoms with Gasteiger partial charge in [0.2, 0.25) is 0 Å². The smallest absolute Gasteiger partial charge is 0.270 e. The molecule has 3 heterocycles. The van der Waals surface area contributed by atoms with Gasteiger partial charge in [-0.1, -0.05) is 0 Å². The van der Waals surface area contributed by atoms with E-state index in [-0.39, 0.29) is 11.3 Å². The van der Waals surface area contributed by atoms with E-state index in [1.165, 1.54) is 12.1 Å². The molecule has 1 fully saturated rings. The van der Waals surface area contributed by atoms with Crippen LogP contribution in [0.2, 0.25) is 0 Å². The van der Waals surface area contributed by atoms with Gasteiger partial charge >= 0.3 is 0 Å². The van der Waals surface area contributed by atoms with Crippen molar-refractivity contribution < 1.29 is 14.5 Å². The molecule has 3 aromatic rings. The molecule has 10 nitrogen and oxygen atoms in total. The number of benzene rings is 1. The summed E-state index contributed by atoms with van der Waals surface area (Å²) in [5, 5.41) is 19.2. The van der Waals surface area contributed by atoms with Gasteiger partial charge in [0.25, 0.3) is 11.6 Å². The number of rotatable bonds is 4. The van der Waals surface area contributed by atoms with Gasteiger partial charge in [0, 0.05) is 37.7 Å². The Morgan fingerprint density at radius 2 is 2.03 bits per heavy atom. The second kappa shape index (κ2) is 7.47. The largest absolute Gasteiger partial charge is 0.378 e. The minimum Gasteiger partial charge on any atom is -0.378 e. The molecule has 4 rings (SSSR count). The molecule has 0 aliphatic carbocycles. The third kappa shape index (κ3) is 3.61. The third-order valence-corrected chi connectivity index (χ3v) is 4.91. The SMILES string of the molecule is Cc1nn(C)c2ncc(NC(=O)c3cc([N+](=O)[O-])ccc3N3CCOCC3)cc12. The Bertz CT molecular complexity index is 1100. The number of morpholine rings is 1. The van der Waals surface area contributed by atoms with Crippen LogP contribution in [-0.4, -0.2) is 51.9 Å². The number of fused-ring (bicyclic) bond motifs is 1. The number of amides is 1. The second-order valence-electron chi connectivity index (χ2n) is 6.82. The van der Waals surface area contributed by atoms with E-state index >= 15 is 0 Å². The molecule has 150 valence electrons. The summed E-state index contributed by atoms with van der Waals surface area (Å²) in [7, 11) is 1.80. The van der Waals surface area contributed by atoms with Crippen LogP contribution in [0.3, 0.4) is 0 Å². The lowest BCUT2D eigenvalue weighted by molar-refractivity contribution is -0.384. The molecule has 0 spiro atoms. The number of ether oxygens (including phenoxy) is 1. The first-order chi connectivity index (χ1) is 13.9. The van der Waals surface area contributed by atoms with E-state index in [9.17, 15) is 14.9 Å². The number of carbonyl (C=O) groups is 1. The Morgan fingerprint density at radius 3 is 2.76 bits per heavy atom.